The third-order valence-electron chi connectivity index (χ3n) is 2.46. The van der Waals surface area contributed by atoms with Gasteiger partial charge in [-0.3, -0.25) is 4.79 Å². The molecule has 1 heterocycles. The van der Waals surface area contributed by atoms with E-state index in [9.17, 15) is 4.79 Å². The van der Waals surface area contributed by atoms with Gasteiger partial charge in [0.05, 0.1) is 4.47 Å². The van der Waals surface area contributed by atoms with Gasteiger partial charge in [-0.05, 0) is 34.0 Å². The molecule has 15 heavy (non-hydrogen) atoms. The Balaban J connectivity index is 2.03. The van der Waals surface area contributed by atoms with Crippen molar-refractivity contribution in [3.05, 3.63) is 28.2 Å². The lowest BCUT2D eigenvalue weighted by atomic mass is 10.1. The van der Waals surface area contributed by atoms with E-state index in [0.717, 1.165) is 22.2 Å². The third kappa shape index (κ3) is 2.31. The first-order valence-electron chi connectivity index (χ1n) is 4.82. The van der Waals surface area contributed by atoms with Crippen molar-refractivity contribution in [1.82, 2.24) is 0 Å². The van der Waals surface area contributed by atoms with Gasteiger partial charge in [0, 0.05) is 12.8 Å². The third-order valence-corrected chi connectivity index (χ3v) is 3.09. The normalized spacial score (nSPS) is 18.3. The molecule has 0 aliphatic carbocycles. The molecule has 3 nitrogen and oxygen atoms in total. The van der Waals surface area contributed by atoms with Crippen LogP contribution >= 0.6 is 15.9 Å². The fourth-order valence-electron chi connectivity index (χ4n) is 1.75. The van der Waals surface area contributed by atoms with Crippen LogP contribution in [0.15, 0.2) is 22.7 Å². The summed E-state index contributed by atoms with van der Waals surface area (Å²) >= 11 is 3.41. The zero-order valence-electron chi connectivity index (χ0n) is 8.07. The SMILES string of the molecule is O=C(O)CCC1Cc2cccc(Br)c2O1. The number of ether oxygens (including phenoxy) is 1. The highest BCUT2D eigenvalue weighted by molar-refractivity contribution is 9.10. The number of para-hydroxylation sites is 1. The quantitative estimate of drug-likeness (QED) is 0.919. The summed E-state index contributed by atoms with van der Waals surface area (Å²) in [5, 5.41) is 8.58. The molecular formula is C11H11BrO3. The van der Waals surface area contributed by atoms with Gasteiger partial charge in [0.15, 0.2) is 0 Å². The maximum Gasteiger partial charge on any atom is 0.303 e. The smallest absolute Gasteiger partial charge is 0.303 e. The van der Waals surface area contributed by atoms with Gasteiger partial charge in [0.1, 0.15) is 11.9 Å². The van der Waals surface area contributed by atoms with E-state index in [-0.39, 0.29) is 12.5 Å². The minimum atomic E-state index is -0.770. The van der Waals surface area contributed by atoms with E-state index in [1.54, 1.807) is 0 Å². The Kier molecular flexibility index (Phi) is 2.95. The number of hydrogen-bond acceptors (Lipinski definition) is 2. The number of benzene rings is 1. The first-order chi connectivity index (χ1) is 7.16. The highest BCUT2D eigenvalue weighted by atomic mass is 79.9. The standard InChI is InChI=1S/C11H11BrO3/c12-9-3-1-2-7-6-8(15-11(7)9)4-5-10(13)14/h1-3,8H,4-6H2,(H,13,14). The minimum absolute atomic E-state index is 0.00907. The molecule has 0 saturated carbocycles. The molecular weight excluding hydrogens is 260 g/mol. The summed E-state index contributed by atoms with van der Waals surface area (Å²) in [7, 11) is 0. The van der Waals surface area contributed by atoms with E-state index in [1.807, 2.05) is 18.2 Å². The van der Waals surface area contributed by atoms with Crippen LogP contribution in [-0.2, 0) is 11.2 Å². The lowest BCUT2D eigenvalue weighted by molar-refractivity contribution is -0.137. The molecule has 0 bridgehead atoms. The fourth-order valence-corrected chi connectivity index (χ4v) is 2.25. The summed E-state index contributed by atoms with van der Waals surface area (Å²) in [6.07, 6.45) is 1.55. The van der Waals surface area contributed by atoms with Crippen LogP contribution in [0.1, 0.15) is 18.4 Å². The Morgan fingerprint density at radius 3 is 3.07 bits per heavy atom. The van der Waals surface area contributed by atoms with Crippen molar-refractivity contribution in [2.45, 2.75) is 25.4 Å². The predicted octanol–water partition coefficient (Wildman–Crippen LogP) is 2.62. The Bertz CT molecular complexity index is 389. The minimum Gasteiger partial charge on any atom is -0.489 e. The van der Waals surface area contributed by atoms with Gasteiger partial charge < -0.3 is 9.84 Å². The first-order valence-corrected chi connectivity index (χ1v) is 5.62. The maximum absolute atomic E-state index is 10.4. The molecule has 4 heteroatoms. The number of carboxylic acids is 1. The molecule has 1 N–H and O–H groups in total. The van der Waals surface area contributed by atoms with E-state index in [0.29, 0.717) is 6.42 Å². The van der Waals surface area contributed by atoms with Crippen LogP contribution in [0, 0.1) is 0 Å². The molecule has 2 rings (SSSR count). The molecule has 1 aliphatic rings. The number of rotatable bonds is 3. The molecule has 80 valence electrons. The lowest BCUT2D eigenvalue weighted by Crippen LogP contribution is -2.14. The van der Waals surface area contributed by atoms with Gasteiger partial charge in [-0.15, -0.1) is 0 Å². The second-order valence-corrected chi connectivity index (χ2v) is 4.46. The zero-order valence-corrected chi connectivity index (χ0v) is 9.66. The van der Waals surface area contributed by atoms with Crippen molar-refractivity contribution in [2.24, 2.45) is 0 Å². The number of hydrogen-bond donors (Lipinski definition) is 1. The number of fused-ring (bicyclic) bond motifs is 1. The summed E-state index contributed by atoms with van der Waals surface area (Å²) in [5.74, 6) is 0.0986. The van der Waals surface area contributed by atoms with Crippen molar-refractivity contribution in [1.29, 1.82) is 0 Å². The van der Waals surface area contributed by atoms with E-state index < -0.39 is 5.97 Å². The van der Waals surface area contributed by atoms with Crippen LogP contribution in [0.5, 0.6) is 5.75 Å². The Morgan fingerprint density at radius 2 is 2.40 bits per heavy atom. The topological polar surface area (TPSA) is 46.5 Å². The second-order valence-electron chi connectivity index (χ2n) is 3.60. The summed E-state index contributed by atoms with van der Waals surface area (Å²) in [4.78, 5) is 10.4. The summed E-state index contributed by atoms with van der Waals surface area (Å²) < 4.78 is 6.62. The summed E-state index contributed by atoms with van der Waals surface area (Å²) in [6, 6.07) is 5.91. The summed E-state index contributed by atoms with van der Waals surface area (Å²) in [5.41, 5.74) is 1.15. The number of halogens is 1. The molecule has 1 aromatic rings. The van der Waals surface area contributed by atoms with Crippen molar-refractivity contribution in [3.8, 4) is 5.75 Å². The molecule has 0 aromatic heterocycles. The zero-order chi connectivity index (χ0) is 10.8. The Labute approximate surface area is 96.2 Å². The highest BCUT2D eigenvalue weighted by Gasteiger charge is 2.24. The maximum atomic E-state index is 10.4. The Hall–Kier alpha value is -1.03. The Morgan fingerprint density at radius 1 is 1.60 bits per heavy atom. The number of carbonyl (C=O) groups is 1. The van der Waals surface area contributed by atoms with E-state index in [2.05, 4.69) is 15.9 Å². The van der Waals surface area contributed by atoms with Crippen LogP contribution in [0.3, 0.4) is 0 Å². The van der Waals surface area contributed by atoms with Crippen LogP contribution in [0.4, 0.5) is 0 Å². The molecule has 1 aliphatic heterocycles. The van der Waals surface area contributed by atoms with Gasteiger partial charge in [-0.1, -0.05) is 12.1 Å². The van der Waals surface area contributed by atoms with Gasteiger partial charge in [-0.25, -0.2) is 0 Å². The molecule has 0 saturated heterocycles. The van der Waals surface area contributed by atoms with Gasteiger partial charge >= 0.3 is 5.97 Å². The van der Waals surface area contributed by atoms with Crippen LogP contribution < -0.4 is 4.74 Å². The van der Waals surface area contributed by atoms with Crippen molar-refractivity contribution < 1.29 is 14.6 Å². The lowest BCUT2D eigenvalue weighted by Gasteiger charge is -2.08. The van der Waals surface area contributed by atoms with Crippen molar-refractivity contribution in [2.75, 3.05) is 0 Å². The molecule has 1 unspecified atom stereocenters. The van der Waals surface area contributed by atoms with Crippen molar-refractivity contribution in [3.63, 3.8) is 0 Å². The largest absolute Gasteiger partial charge is 0.489 e. The van der Waals surface area contributed by atoms with Crippen molar-refractivity contribution >= 4 is 21.9 Å². The highest BCUT2D eigenvalue weighted by Crippen LogP contribution is 2.36. The molecule has 0 fully saturated rings. The number of aliphatic carboxylic acids is 1. The average molecular weight is 271 g/mol. The molecule has 0 amide bonds. The van der Waals surface area contributed by atoms with E-state index >= 15 is 0 Å². The molecule has 1 aromatic carbocycles. The monoisotopic (exact) mass is 270 g/mol. The average Bonchev–Trinajstić information content (AvgIpc) is 2.59. The van der Waals surface area contributed by atoms with E-state index in [1.165, 1.54) is 0 Å². The van der Waals surface area contributed by atoms with Gasteiger partial charge in [0.2, 0.25) is 0 Å². The molecule has 0 radical (unpaired) electrons. The van der Waals surface area contributed by atoms with E-state index in [4.69, 9.17) is 9.84 Å². The summed E-state index contributed by atoms with van der Waals surface area (Å²) in [6.45, 7) is 0. The first kappa shape index (κ1) is 10.5. The predicted molar refractivity (Wildman–Crippen MR) is 59.1 cm³/mol. The second kappa shape index (κ2) is 4.23. The molecule has 0 spiro atoms. The number of carboxylic acid groups (broad SMARTS) is 1. The van der Waals surface area contributed by atoms with Gasteiger partial charge in [-0.2, -0.15) is 0 Å². The fraction of sp³-hybridized carbons (Fsp3) is 0.364. The van der Waals surface area contributed by atoms with Gasteiger partial charge in [0.25, 0.3) is 0 Å². The molecule has 1 atom stereocenters. The van der Waals surface area contributed by atoms with Crippen LogP contribution in [-0.4, -0.2) is 17.2 Å². The van der Waals surface area contributed by atoms with Crippen LogP contribution in [0.2, 0.25) is 0 Å². The van der Waals surface area contributed by atoms with Crippen LogP contribution in [0.25, 0.3) is 0 Å².